The van der Waals surface area contributed by atoms with Gasteiger partial charge in [-0.25, -0.2) is 4.98 Å². The van der Waals surface area contributed by atoms with Crippen molar-refractivity contribution in [2.75, 3.05) is 6.54 Å². The molecule has 2 aromatic heterocycles. The van der Waals surface area contributed by atoms with Crippen LogP contribution < -0.4 is 0 Å². The highest BCUT2D eigenvalue weighted by molar-refractivity contribution is 5.93. The Morgan fingerprint density at radius 3 is 2.89 bits per heavy atom. The minimum absolute atomic E-state index is 0.00125. The number of aromatic amines is 1. The molecule has 0 aliphatic carbocycles. The molecule has 0 spiro atoms. The fraction of sp³-hybridized carbons (Fsp3) is 0.476. The van der Waals surface area contributed by atoms with Gasteiger partial charge >= 0.3 is 0 Å². The number of carbonyl (C=O) groups is 1. The molecule has 0 unspecified atom stereocenters. The van der Waals surface area contributed by atoms with Crippen molar-refractivity contribution in [1.29, 1.82) is 0 Å². The maximum Gasteiger partial charge on any atom is 0.272 e. The molecule has 1 fully saturated rings. The van der Waals surface area contributed by atoms with Gasteiger partial charge in [0.1, 0.15) is 11.5 Å². The predicted octanol–water partition coefficient (Wildman–Crippen LogP) is 3.96. The van der Waals surface area contributed by atoms with Crippen LogP contribution in [0.25, 0.3) is 11.0 Å². The van der Waals surface area contributed by atoms with Gasteiger partial charge in [-0.3, -0.25) is 9.48 Å². The number of H-pyrrole nitrogens is 1. The molecule has 1 aliphatic rings. The van der Waals surface area contributed by atoms with E-state index >= 15 is 0 Å². The number of rotatable bonds is 5. The summed E-state index contributed by atoms with van der Waals surface area (Å²) in [6.07, 6.45) is 2.82. The van der Waals surface area contributed by atoms with Crippen molar-refractivity contribution in [2.45, 2.75) is 52.6 Å². The van der Waals surface area contributed by atoms with Gasteiger partial charge in [0, 0.05) is 13.1 Å². The van der Waals surface area contributed by atoms with E-state index in [1.165, 1.54) is 0 Å². The Morgan fingerprint density at radius 1 is 1.33 bits per heavy atom. The van der Waals surface area contributed by atoms with Gasteiger partial charge in [0.25, 0.3) is 5.91 Å². The Balaban J connectivity index is 1.63. The number of imidazole rings is 1. The van der Waals surface area contributed by atoms with E-state index in [1.807, 2.05) is 46.8 Å². The van der Waals surface area contributed by atoms with Crippen molar-refractivity contribution in [1.82, 2.24) is 24.6 Å². The summed E-state index contributed by atoms with van der Waals surface area (Å²) in [4.78, 5) is 23.4. The van der Waals surface area contributed by atoms with Crippen LogP contribution in [0.15, 0.2) is 30.3 Å². The van der Waals surface area contributed by atoms with Gasteiger partial charge in [0.2, 0.25) is 0 Å². The van der Waals surface area contributed by atoms with E-state index in [4.69, 9.17) is 4.98 Å². The summed E-state index contributed by atoms with van der Waals surface area (Å²) in [5.41, 5.74) is 3.65. The summed E-state index contributed by atoms with van der Waals surface area (Å²) in [5.74, 6) is 1.46. The zero-order valence-corrected chi connectivity index (χ0v) is 16.3. The van der Waals surface area contributed by atoms with Gasteiger partial charge in [-0.15, -0.1) is 0 Å². The van der Waals surface area contributed by atoms with Crippen molar-refractivity contribution in [2.24, 2.45) is 5.92 Å². The SMILES string of the molecule is CCn1nc(CC(C)C)cc1C(=O)N1CCC[C@H]1c1nc2ccccc2[nH]1. The summed E-state index contributed by atoms with van der Waals surface area (Å²) in [6.45, 7) is 7.83. The van der Waals surface area contributed by atoms with Crippen LogP contribution in [-0.2, 0) is 13.0 Å². The fourth-order valence-electron chi connectivity index (χ4n) is 3.97. The van der Waals surface area contributed by atoms with Crippen molar-refractivity contribution in [3.8, 4) is 0 Å². The molecule has 1 atom stereocenters. The van der Waals surface area contributed by atoms with Crippen LogP contribution >= 0.6 is 0 Å². The number of nitrogens with one attached hydrogen (secondary N) is 1. The van der Waals surface area contributed by atoms with E-state index < -0.39 is 0 Å². The molecule has 6 nitrogen and oxygen atoms in total. The van der Waals surface area contributed by atoms with Crippen molar-refractivity contribution >= 4 is 16.9 Å². The number of hydrogen-bond donors (Lipinski definition) is 1. The summed E-state index contributed by atoms with van der Waals surface area (Å²) in [5, 5.41) is 4.64. The molecule has 1 aromatic carbocycles. The lowest BCUT2D eigenvalue weighted by molar-refractivity contribution is 0.0718. The summed E-state index contributed by atoms with van der Waals surface area (Å²) in [6, 6.07) is 9.98. The molecular formula is C21H27N5O. The molecule has 3 heterocycles. The van der Waals surface area contributed by atoms with E-state index in [0.29, 0.717) is 18.2 Å². The largest absolute Gasteiger partial charge is 0.340 e. The van der Waals surface area contributed by atoms with Crippen LogP contribution in [0.2, 0.25) is 0 Å². The van der Waals surface area contributed by atoms with Crippen LogP contribution in [0, 0.1) is 5.92 Å². The second kappa shape index (κ2) is 7.18. The van der Waals surface area contributed by atoms with Gasteiger partial charge in [0.15, 0.2) is 0 Å². The number of aryl methyl sites for hydroxylation is 1. The smallest absolute Gasteiger partial charge is 0.272 e. The number of benzene rings is 1. The molecule has 0 saturated carbocycles. The minimum atomic E-state index is -0.00125. The highest BCUT2D eigenvalue weighted by Crippen LogP contribution is 2.32. The van der Waals surface area contributed by atoms with Gasteiger partial charge in [-0.05, 0) is 50.3 Å². The topological polar surface area (TPSA) is 66.8 Å². The van der Waals surface area contributed by atoms with E-state index in [2.05, 4.69) is 23.9 Å². The van der Waals surface area contributed by atoms with E-state index in [9.17, 15) is 4.79 Å². The lowest BCUT2D eigenvalue weighted by Crippen LogP contribution is -2.32. The number of amides is 1. The molecule has 6 heteroatoms. The maximum atomic E-state index is 13.3. The van der Waals surface area contributed by atoms with Crippen LogP contribution in [0.1, 0.15) is 61.7 Å². The van der Waals surface area contributed by atoms with E-state index in [0.717, 1.165) is 48.4 Å². The zero-order chi connectivity index (χ0) is 19.0. The van der Waals surface area contributed by atoms with Crippen LogP contribution in [0.3, 0.4) is 0 Å². The first-order valence-electron chi connectivity index (χ1n) is 9.89. The monoisotopic (exact) mass is 365 g/mol. The molecule has 3 aromatic rings. The molecule has 1 saturated heterocycles. The van der Waals surface area contributed by atoms with E-state index in [1.54, 1.807) is 0 Å². The van der Waals surface area contributed by atoms with Crippen LogP contribution in [-0.4, -0.2) is 37.1 Å². The lowest BCUT2D eigenvalue weighted by atomic mass is 10.1. The predicted molar refractivity (Wildman–Crippen MR) is 106 cm³/mol. The van der Waals surface area contributed by atoms with Gasteiger partial charge in [-0.1, -0.05) is 26.0 Å². The molecular weight excluding hydrogens is 338 g/mol. The molecule has 1 aliphatic heterocycles. The first-order valence-corrected chi connectivity index (χ1v) is 9.89. The number of aromatic nitrogens is 4. The third kappa shape index (κ3) is 3.36. The van der Waals surface area contributed by atoms with E-state index in [-0.39, 0.29) is 11.9 Å². The average molecular weight is 365 g/mol. The highest BCUT2D eigenvalue weighted by atomic mass is 16.2. The Morgan fingerprint density at radius 2 is 2.15 bits per heavy atom. The normalized spacial score (nSPS) is 17.3. The standard InChI is InChI=1S/C21H27N5O/c1-4-26-19(13-15(24-26)12-14(2)3)21(27)25-11-7-10-18(25)20-22-16-8-5-6-9-17(16)23-20/h5-6,8-9,13-14,18H,4,7,10-12H2,1-3H3,(H,22,23)/t18-/m0/s1. The molecule has 27 heavy (non-hydrogen) atoms. The Labute approximate surface area is 159 Å². The number of likely N-dealkylation sites (tertiary alicyclic amines) is 1. The van der Waals surface area contributed by atoms with Crippen molar-refractivity contribution in [3.05, 3.63) is 47.5 Å². The molecule has 1 N–H and O–H groups in total. The van der Waals surface area contributed by atoms with Crippen molar-refractivity contribution in [3.63, 3.8) is 0 Å². The Bertz CT molecular complexity index is 922. The third-order valence-corrected chi connectivity index (χ3v) is 5.20. The quantitative estimate of drug-likeness (QED) is 0.744. The second-order valence-corrected chi connectivity index (χ2v) is 7.73. The summed E-state index contributed by atoms with van der Waals surface area (Å²) < 4.78 is 1.84. The van der Waals surface area contributed by atoms with Crippen LogP contribution in [0.5, 0.6) is 0 Å². The maximum absolute atomic E-state index is 13.3. The second-order valence-electron chi connectivity index (χ2n) is 7.73. The van der Waals surface area contributed by atoms with Crippen molar-refractivity contribution < 1.29 is 4.79 Å². The highest BCUT2D eigenvalue weighted by Gasteiger charge is 2.34. The Hall–Kier alpha value is -2.63. The average Bonchev–Trinajstić information content (AvgIpc) is 3.37. The number of nitrogens with zero attached hydrogens (tertiary/aromatic N) is 4. The molecule has 4 rings (SSSR count). The minimum Gasteiger partial charge on any atom is -0.340 e. The number of fused-ring (bicyclic) bond motifs is 1. The lowest BCUT2D eigenvalue weighted by Gasteiger charge is -2.23. The molecule has 0 bridgehead atoms. The number of carbonyl (C=O) groups excluding carboxylic acids is 1. The fourth-order valence-corrected chi connectivity index (χ4v) is 3.97. The first kappa shape index (κ1) is 17.8. The van der Waals surface area contributed by atoms with Gasteiger partial charge < -0.3 is 9.88 Å². The molecule has 1 amide bonds. The molecule has 0 radical (unpaired) electrons. The Kier molecular flexibility index (Phi) is 4.72. The zero-order valence-electron chi connectivity index (χ0n) is 16.3. The first-order chi connectivity index (χ1) is 13.1. The number of para-hydroxylation sites is 2. The number of hydrogen-bond acceptors (Lipinski definition) is 3. The van der Waals surface area contributed by atoms with Crippen LogP contribution in [0.4, 0.5) is 0 Å². The van der Waals surface area contributed by atoms with Gasteiger partial charge in [-0.2, -0.15) is 5.10 Å². The third-order valence-electron chi connectivity index (χ3n) is 5.20. The summed E-state index contributed by atoms with van der Waals surface area (Å²) in [7, 11) is 0. The molecule has 142 valence electrons. The van der Waals surface area contributed by atoms with Gasteiger partial charge in [0.05, 0.1) is 22.8 Å². The summed E-state index contributed by atoms with van der Waals surface area (Å²) >= 11 is 0.